The standard InChI is InChI=1S/C18H14N2O3/c21-14-6-3-5-13(10-14)18(23)20-19-11-16-15-7-2-1-4-12(15)8-9-17(16)22/h1-11,21-22H,(H,20,23)/b19-11+. The summed E-state index contributed by atoms with van der Waals surface area (Å²) in [7, 11) is 0. The molecule has 0 aliphatic heterocycles. The molecule has 3 N–H and O–H groups in total. The topological polar surface area (TPSA) is 81.9 Å². The largest absolute Gasteiger partial charge is 0.508 e. The number of hydrazone groups is 1. The Hall–Kier alpha value is -3.34. The molecule has 0 atom stereocenters. The normalized spacial score (nSPS) is 11.0. The number of rotatable bonds is 3. The Balaban J connectivity index is 1.84. The van der Waals surface area contributed by atoms with Gasteiger partial charge in [-0.15, -0.1) is 0 Å². The summed E-state index contributed by atoms with van der Waals surface area (Å²) in [6.07, 6.45) is 1.40. The minimum Gasteiger partial charge on any atom is -0.508 e. The number of benzene rings is 3. The number of phenols is 2. The number of aromatic hydroxyl groups is 2. The molecule has 0 aliphatic rings. The lowest BCUT2D eigenvalue weighted by Crippen LogP contribution is -2.17. The highest BCUT2D eigenvalue weighted by atomic mass is 16.3. The maximum atomic E-state index is 11.9. The van der Waals surface area contributed by atoms with Crippen LogP contribution >= 0.6 is 0 Å². The summed E-state index contributed by atoms with van der Waals surface area (Å²) in [4.78, 5) is 11.9. The monoisotopic (exact) mass is 306 g/mol. The zero-order chi connectivity index (χ0) is 16.2. The van der Waals surface area contributed by atoms with Crippen LogP contribution in [0.25, 0.3) is 10.8 Å². The maximum absolute atomic E-state index is 11.9. The first kappa shape index (κ1) is 14.6. The molecule has 0 saturated carbocycles. The Morgan fingerprint density at radius 3 is 2.65 bits per heavy atom. The van der Waals surface area contributed by atoms with Gasteiger partial charge in [-0.2, -0.15) is 5.10 Å². The van der Waals surface area contributed by atoms with E-state index in [9.17, 15) is 15.0 Å². The molecule has 0 aliphatic carbocycles. The van der Waals surface area contributed by atoms with Crippen LogP contribution in [0.2, 0.25) is 0 Å². The molecule has 1 amide bonds. The minimum atomic E-state index is -0.447. The Labute approximate surface area is 132 Å². The van der Waals surface area contributed by atoms with E-state index in [4.69, 9.17) is 0 Å². The van der Waals surface area contributed by atoms with Crippen molar-refractivity contribution in [2.75, 3.05) is 0 Å². The summed E-state index contributed by atoms with van der Waals surface area (Å²) >= 11 is 0. The van der Waals surface area contributed by atoms with E-state index in [1.807, 2.05) is 30.3 Å². The predicted molar refractivity (Wildman–Crippen MR) is 88.8 cm³/mol. The maximum Gasteiger partial charge on any atom is 0.271 e. The highest BCUT2D eigenvalue weighted by Gasteiger charge is 2.06. The SMILES string of the molecule is O=C(N/N=C/c1c(O)ccc2ccccc12)c1cccc(O)c1. The lowest BCUT2D eigenvalue weighted by Gasteiger charge is -2.05. The molecule has 0 aromatic heterocycles. The third-order valence-electron chi connectivity index (χ3n) is 3.42. The first-order valence-electron chi connectivity index (χ1n) is 6.98. The molecular formula is C18H14N2O3. The van der Waals surface area contributed by atoms with Gasteiger partial charge in [-0.25, -0.2) is 5.43 Å². The van der Waals surface area contributed by atoms with Gasteiger partial charge >= 0.3 is 0 Å². The van der Waals surface area contributed by atoms with Crippen LogP contribution in [0.5, 0.6) is 11.5 Å². The van der Waals surface area contributed by atoms with Crippen molar-refractivity contribution in [2.45, 2.75) is 0 Å². The second-order valence-corrected chi connectivity index (χ2v) is 4.97. The fourth-order valence-corrected chi connectivity index (χ4v) is 2.29. The van der Waals surface area contributed by atoms with Crippen LogP contribution in [-0.2, 0) is 0 Å². The van der Waals surface area contributed by atoms with E-state index in [1.165, 1.54) is 18.3 Å². The highest BCUT2D eigenvalue weighted by Crippen LogP contribution is 2.25. The molecule has 3 aromatic carbocycles. The molecule has 23 heavy (non-hydrogen) atoms. The third-order valence-corrected chi connectivity index (χ3v) is 3.42. The van der Waals surface area contributed by atoms with Gasteiger partial charge in [0.2, 0.25) is 0 Å². The fraction of sp³-hybridized carbons (Fsp3) is 0. The van der Waals surface area contributed by atoms with Gasteiger partial charge < -0.3 is 10.2 Å². The smallest absolute Gasteiger partial charge is 0.271 e. The molecule has 0 heterocycles. The van der Waals surface area contributed by atoms with Crippen molar-refractivity contribution in [2.24, 2.45) is 5.10 Å². The molecule has 5 heteroatoms. The molecule has 3 aromatic rings. The number of phenolic OH excluding ortho intramolecular Hbond substituents is 2. The van der Waals surface area contributed by atoms with Gasteiger partial charge in [0.05, 0.1) is 6.21 Å². The molecule has 0 unspecified atom stereocenters. The molecule has 0 saturated heterocycles. The van der Waals surface area contributed by atoms with Gasteiger partial charge in [0, 0.05) is 11.1 Å². The van der Waals surface area contributed by atoms with Crippen molar-refractivity contribution >= 4 is 22.9 Å². The summed E-state index contributed by atoms with van der Waals surface area (Å²) in [6.45, 7) is 0. The number of carbonyl (C=O) groups is 1. The second-order valence-electron chi connectivity index (χ2n) is 4.97. The van der Waals surface area contributed by atoms with Crippen LogP contribution < -0.4 is 5.43 Å². The van der Waals surface area contributed by atoms with E-state index in [-0.39, 0.29) is 11.5 Å². The third kappa shape index (κ3) is 3.13. The number of nitrogens with zero attached hydrogens (tertiary/aromatic N) is 1. The van der Waals surface area contributed by atoms with Crippen molar-refractivity contribution in [1.82, 2.24) is 5.43 Å². The number of hydrogen-bond acceptors (Lipinski definition) is 4. The average molecular weight is 306 g/mol. The number of hydrogen-bond donors (Lipinski definition) is 3. The minimum absolute atomic E-state index is 0.00771. The fourth-order valence-electron chi connectivity index (χ4n) is 2.29. The van der Waals surface area contributed by atoms with Crippen molar-refractivity contribution in [3.8, 4) is 11.5 Å². The van der Waals surface area contributed by atoms with Crippen LogP contribution in [0.4, 0.5) is 0 Å². The molecule has 5 nitrogen and oxygen atoms in total. The van der Waals surface area contributed by atoms with Gasteiger partial charge in [0.25, 0.3) is 5.91 Å². The molecule has 0 fully saturated rings. The van der Waals surface area contributed by atoms with Gasteiger partial charge in [0.15, 0.2) is 0 Å². The lowest BCUT2D eigenvalue weighted by molar-refractivity contribution is 0.0954. The quantitative estimate of drug-likeness (QED) is 0.514. The van der Waals surface area contributed by atoms with Crippen molar-refractivity contribution in [3.05, 3.63) is 71.8 Å². The Bertz CT molecular complexity index is 904. The Morgan fingerprint density at radius 1 is 1.00 bits per heavy atom. The lowest BCUT2D eigenvalue weighted by atomic mass is 10.0. The van der Waals surface area contributed by atoms with E-state index in [0.717, 1.165) is 10.8 Å². The molecule has 3 rings (SSSR count). The summed E-state index contributed by atoms with van der Waals surface area (Å²) in [5.41, 5.74) is 3.20. The van der Waals surface area contributed by atoms with E-state index in [0.29, 0.717) is 11.1 Å². The van der Waals surface area contributed by atoms with Gasteiger partial charge in [0.1, 0.15) is 11.5 Å². The zero-order valence-corrected chi connectivity index (χ0v) is 12.1. The molecule has 0 radical (unpaired) electrons. The molecular weight excluding hydrogens is 292 g/mol. The van der Waals surface area contributed by atoms with Crippen molar-refractivity contribution < 1.29 is 15.0 Å². The van der Waals surface area contributed by atoms with Gasteiger partial charge in [-0.3, -0.25) is 4.79 Å². The highest BCUT2D eigenvalue weighted by molar-refractivity contribution is 6.03. The first-order chi connectivity index (χ1) is 11.1. The average Bonchev–Trinajstić information content (AvgIpc) is 2.56. The zero-order valence-electron chi connectivity index (χ0n) is 12.1. The number of amides is 1. The summed E-state index contributed by atoms with van der Waals surface area (Å²) in [6, 6.07) is 16.9. The number of carbonyl (C=O) groups excluding carboxylic acids is 1. The Morgan fingerprint density at radius 2 is 1.83 bits per heavy atom. The van der Waals surface area contributed by atoms with E-state index in [2.05, 4.69) is 10.5 Å². The second kappa shape index (κ2) is 6.19. The van der Waals surface area contributed by atoms with Crippen molar-refractivity contribution in [1.29, 1.82) is 0 Å². The van der Waals surface area contributed by atoms with Crippen LogP contribution in [-0.4, -0.2) is 22.3 Å². The van der Waals surface area contributed by atoms with Crippen LogP contribution in [0.3, 0.4) is 0 Å². The van der Waals surface area contributed by atoms with E-state index >= 15 is 0 Å². The Kier molecular flexibility index (Phi) is 3.93. The summed E-state index contributed by atoms with van der Waals surface area (Å²) in [5.74, 6) is -0.357. The number of fused-ring (bicyclic) bond motifs is 1. The van der Waals surface area contributed by atoms with Crippen molar-refractivity contribution in [3.63, 3.8) is 0 Å². The number of nitrogens with one attached hydrogen (secondary N) is 1. The molecule has 0 bridgehead atoms. The van der Waals surface area contributed by atoms with Gasteiger partial charge in [-0.1, -0.05) is 36.4 Å². The first-order valence-corrected chi connectivity index (χ1v) is 6.98. The van der Waals surface area contributed by atoms with Gasteiger partial charge in [-0.05, 0) is 35.0 Å². The summed E-state index contributed by atoms with van der Waals surface area (Å²) < 4.78 is 0. The molecule has 0 spiro atoms. The molecule has 114 valence electrons. The van der Waals surface area contributed by atoms with Crippen LogP contribution in [0.1, 0.15) is 15.9 Å². The van der Waals surface area contributed by atoms with E-state index < -0.39 is 5.91 Å². The van der Waals surface area contributed by atoms with Crippen LogP contribution in [0.15, 0.2) is 65.8 Å². The van der Waals surface area contributed by atoms with E-state index in [1.54, 1.807) is 18.2 Å². The summed E-state index contributed by atoms with van der Waals surface area (Å²) in [5, 5.41) is 25.1. The van der Waals surface area contributed by atoms with Crippen LogP contribution in [0, 0.1) is 0 Å². The predicted octanol–water partition coefficient (Wildman–Crippen LogP) is 3.01.